The summed E-state index contributed by atoms with van der Waals surface area (Å²) in [6, 6.07) is 14.2. The van der Waals surface area contributed by atoms with Gasteiger partial charge in [-0.15, -0.1) is 0 Å². The number of halogens is 4. The largest absolute Gasteiger partial charge is 0.456 e. The maximum absolute atomic E-state index is 13.6. The summed E-state index contributed by atoms with van der Waals surface area (Å²) >= 11 is 5.80. The molecular formula is C21H11ClF3N3O4. The zero-order valence-electron chi connectivity index (χ0n) is 15.8. The lowest BCUT2D eigenvalue weighted by molar-refractivity contribution is -0.384. The maximum Gasteiger partial charge on any atom is 0.435 e. The number of carbonyl (C=O) groups excluding carboxylic acids is 1. The number of rotatable bonds is 4. The number of nitro benzene ring substituents is 1. The molecule has 4 rings (SSSR count). The van der Waals surface area contributed by atoms with E-state index in [1.165, 1.54) is 36.4 Å². The second-order valence-corrected chi connectivity index (χ2v) is 7.01. The summed E-state index contributed by atoms with van der Waals surface area (Å²) in [4.78, 5) is 23.4. The van der Waals surface area contributed by atoms with Gasteiger partial charge >= 0.3 is 6.18 Å². The number of hydrogen-bond donors (Lipinski definition) is 0. The van der Waals surface area contributed by atoms with Gasteiger partial charge in [0.1, 0.15) is 11.5 Å². The summed E-state index contributed by atoms with van der Waals surface area (Å²) in [5.74, 6) is -1.07. The number of furan rings is 1. The minimum absolute atomic E-state index is 0.0241. The molecule has 1 amide bonds. The number of para-hydroxylation sites is 1. The number of hydrazone groups is 1. The number of hydrogen-bond acceptors (Lipinski definition) is 5. The Morgan fingerprint density at radius 2 is 1.81 bits per heavy atom. The lowest BCUT2D eigenvalue weighted by atomic mass is 10.1. The van der Waals surface area contributed by atoms with Gasteiger partial charge < -0.3 is 4.42 Å². The van der Waals surface area contributed by atoms with Gasteiger partial charge in [-0.1, -0.05) is 29.8 Å². The molecular weight excluding hydrogens is 451 g/mol. The van der Waals surface area contributed by atoms with E-state index >= 15 is 0 Å². The number of nitrogens with zero attached hydrogens (tertiary/aromatic N) is 3. The van der Waals surface area contributed by atoms with Crippen LogP contribution in [0.5, 0.6) is 0 Å². The molecule has 3 aromatic rings. The van der Waals surface area contributed by atoms with E-state index in [1.54, 1.807) is 18.2 Å². The number of carbonyl (C=O) groups is 1. The first-order chi connectivity index (χ1) is 15.1. The Morgan fingerprint density at radius 3 is 2.47 bits per heavy atom. The number of amides is 1. The molecule has 32 heavy (non-hydrogen) atoms. The van der Waals surface area contributed by atoms with Crippen molar-refractivity contribution in [3.8, 4) is 11.3 Å². The van der Waals surface area contributed by atoms with Gasteiger partial charge in [0.25, 0.3) is 11.6 Å². The summed E-state index contributed by atoms with van der Waals surface area (Å²) < 4.78 is 46.2. The zero-order chi connectivity index (χ0) is 23.0. The molecule has 0 atom stereocenters. The van der Waals surface area contributed by atoms with Gasteiger partial charge in [0, 0.05) is 11.1 Å². The Balaban J connectivity index is 1.75. The summed E-state index contributed by atoms with van der Waals surface area (Å²) in [6.07, 6.45) is -3.99. The van der Waals surface area contributed by atoms with Crippen LogP contribution in [0.1, 0.15) is 5.76 Å². The van der Waals surface area contributed by atoms with E-state index in [0.717, 1.165) is 12.1 Å². The van der Waals surface area contributed by atoms with Crippen LogP contribution in [-0.4, -0.2) is 22.7 Å². The van der Waals surface area contributed by atoms with Crippen molar-refractivity contribution in [2.24, 2.45) is 5.10 Å². The molecule has 1 aliphatic rings. The Kier molecular flexibility index (Phi) is 5.31. The van der Waals surface area contributed by atoms with Crippen molar-refractivity contribution in [2.45, 2.75) is 6.18 Å². The van der Waals surface area contributed by atoms with Crippen LogP contribution in [-0.2, 0) is 4.79 Å². The van der Waals surface area contributed by atoms with Crippen LogP contribution in [0.15, 0.2) is 75.8 Å². The molecule has 2 heterocycles. The van der Waals surface area contributed by atoms with Crippen LogP contribution >= 0.6 is 11.6 Å². The Bertz CT molecular complexity index is 1280. The first-order valence-electron chi connectivity index (χ1n) is 8.96. The van der Waals surface area contributed by atoms with Crippen molar-refractivity contribution < 1.29 is 27.3 Å². The van der Waals surface area contributed by atoms with Crippen molar-refractivity contribution in [1.82, 2.24) is 0 Å². The fraction of sp³-hybridized carbons (Fsp3) is 0.0476. The highest BCUT2D eigenvalue weighted by atomic mass is 35.5. The lowest BCUT2D eigenvalue weighted by Crippen LogP contribution is -2.25. The Hall–Kier alpha value is -3.92. The van der Waals surface area contributed by atoms with Gasteiger partial charge in [-0.2, -0.15) is 23.3 Å². The summed E-state index contributed by atoms with van der Waals surface area (Å²) in [7, 11) is 0. The topological polar surface area (TPSA) is 88.9 Å². The van der Waals surface area contributed by atoms with E-state index in [1.807, 2.05) is 0 Å². The minimum Gasteiger partial charge on any atom is -0.456 e. The molecule has 11 heteroatoms. The van der Waals surface area contributed by atoms with Crippen LogP contribution in [0.3, 0.4) is 0 Å². The predicted octanol–water partition coefficient (Wildman–Crippen LogP) is 5.86. The van der Waals surface area contributed by atoms with Gasteiger partial charge in [-0.05, 0) is 42.5 Å². The molecule has 0 spiro atoms. The maximum atomic E-state index is 13.6. The number of alkyl halides is 3. The lowest BCUT2D eigenvalue weighted by Gasteiger charge is -2.10. The van der Waals surface area contributed by atoms with Crippen LogP contribution in [0.4, 0.5) is 24.5 Å². The molecule has 0 fully saturated rings. The van der Waals surface area contributed by atoms with E-state index in [4.69, 9.17) is 16.0 Å². The molecule has 0 saturated carbocycles. The highest BCUT2D eigenvalue weighted by Crippen LogP contribution is 2.36. The number of benzene rings is 2. The third kappa shape index (κ3) is 4.00. The average molecular weight is 462 g/mol. The molecule has 0 bridgehead atoms. The van der Waals surface area contributed by atoms with E-state index in [2.05, 4.69) is 5.10 Å². The summed E-state index contributed by atoms with van der Waals surface area (Å²) in [6.45, 7) is 0. The molecule has 0 saturated heterocycles. The fourth-order valence-corrected chi connectivity index (χ4v) is 3.25. The standard InChI is InChI=1S/C21H11ClF3N3O4/c22-12-6-8-15(17(10-12)28(30)31)18-9-7-14(32-18)11-16-19(21(23,24)25)26-27(20(16)29)13-4-2-1-3-5-13/h1-11H/b16-11+. The van der Waals surface area contributed by atoms with Crippen molar-refractivity contribution in [2.75, 3.05) is 5.01 Å². The predicted molar refractivity (Wildman–Crippen MR) is 111 cm³/mol. The molecule has 2 aromatic carbocycles. The van der Waals surface area contributed by atoms with Crippen LogP contribution in [0.2, 0.25) is 5.02 Å². The normalized spacial score (nSPS) is 15.4. The third-order valence-corrected chi connectivity index (χ3v) is 4.72. The second kappa shape index (κ2) is 7.97. The van der Waals surface area contributed by atoms with Crippen molar-refractivity contribution in [1.29, 1.82) is 0 Å². The molecule has 0 radical (unpaired) electrons. The molecule has 1 aliphatic heterocycles. The minimum atomic E-state index is -4.89. The first-order valence-corrected chi connectivity index (χ1v) is 9.34. The first kappa shape index (κ1) is 21.3. The van der Waals surface area contributed by atoms with Crippen molar-refractivity contribution in [3.63, 3.8) is 0 Å². The SMILES string of the molecule is O=C1/C(=C/c2ccc(-c3ccc(Cl)cc3[N+](=O)[O-])o2)C(C(F)(F)F)=NN1c1ccccc1. The Labute approximate surface area is 183 Å². The van der Waals surface area contributed by atoms with Crippen LogP contribution in [0, 0.1) is 10.1 Å². The van der Waals surface area contributed by atoms with E-state index < -0.39 is 28.3 Å². The van der Waals surface area contributed by atoms with Crippen LogP contribution < -0.4 is 5.01 Å². The van der Waals surface area contributed by atoms with Gasteiger partial charge in [-0.25, -0.2) is 0 Å². The average Bonchev–Trinajstić information content (AvgIpc) is 3.34. The molecule has 162 valence electrons. The number of anilines is 1. The van der Waals surface area contributed by atoms with Gasteiger partial charge in [0.15, 0.2) is 5.71 Å². The van der Waals surface area contributed by atoms with Gasteiger partial charge in [0.2, 0.25) is 0 Å². The third-order valence-electron chi connectivity index (χ3n) is 4.48. The molecule has 1 aromatic heterocycles. The molecule has 7 nitrogen and oxygen atoms in total. The quantitative estimate of drug-likeness (QED) is 0.276. The number of nitro groups is 1. The van der Waals surface area contributed by atoms with E-state index in [0.29, 0.717) is 5.01 Å². The van der Waals surface area contributed by atoms with Crippen molar-refractivity contribution in [3.05, 3.63) is 87.1 Å². The second-order valence-electron chi connectivity index (χ2n) is 6.58. The van der Waals surface area contributed by atoms with E-state index in [-0.39, 0.29) is 33.5 Å². The van der Waals surface area contributed by atoms with Crippen molar-refractivity contribution >= 4 is 40.7 Å². The monoisotopic (exact) mass is 461 g/mol. The van der Waals surface area contributed by atoms with E-state index in [9.17, 15) is 28.1 Å². The fourth-order valence-electron chi connectivity index (χ4n) is 3.08. The molecule has 0 aliphatic carbocycles. The smallest absolute Gasteiger partial charge is 0.435 e. The summed E-state index contributed by atoms with van der Waals surface area (Å²) in [5, 5.41) is 15.6. The van der Waals surface area contributed by atoms with Crippen LogP contribution in [0.25, 0.3) is 17.4 Å². The van der Waals surface area contributed by atoms with Gasteiger partial charge in [0.05, 0.1) is 21.7 Å². The van der Waals surface area contributed by atoms with Gasteiger partial charge in [-0.3, -0.25) is 14.9 Å². The molecule has 0 N–H and O–H groups in total. The summed E-state index contributed by atoms with van der Waals surface area (Å²) in [5.41, 5.74) is -2.18. The highest BCUT2D eigenvalue weighted by Gasteiger charge is 2.47. The zero-order valence-corrected chi connectivity index (χ0v) is 16.6. The Morgan fingerprint density at radius 1 is 1.09 bits per heavy atom. The molecule has 0 unspecified atom stereocenters. The highest BCUT2D eigenvalue weighted by molar-refractivity contribution is 6.34.